The summed E-state index contributed by atoms with van der Waals surface area (Å²) in [6.07, 6.45) is -0.633. The Morgan fingerprint density at radius 2 is 1.72 bits per heavy atom. The second kappa shape index (κ2) is 11.0. The lowest BCUT2D eigenvalue weighted by Crippen LogP contribution is -2.37. The van der Waals surface area contributed by atoms with Crippen molar-refractivity contribution in [2.75, 3.05) is 31.0 Å². The number of benzene rings is 2. The van der Waals surface area contributed by atoms with Gasteiger partial charge in [0.25, 0.3) is 0 Å². The molecule has 4 rings (SSSR count). The van der Waals surface area contributed by atoms with Gasteiger partial charge in [-0.15, -0.1) is 0 Å². The Labute approximate surface area is 196 Å². The number of fused-ring (bicyclic) bond motifs is 2. The molecule has 9 heteroatoms. The SMILES string of the molecule is O=C(O)C(=O)O.[2H]C1([2H])CC(O)CC([2H])([2H])N1CCCN1c2ccccc2Sc2ccc(C#N)cc21. The lowest BCUT2D eigenvalue weighted by atomic mass is 10.1. The van der Waals surface area contributed by atoms with Crippen molar-refractivity contribution < 1.29 is 30.4 Å². The molecule has 1 saturated heterocycles. The Kier molecular flexibility index (Phi) is 6.36. The zero-order valence-electron chi connectivity index (χ0n) is 21.1. The molecule has 1 fully saturated rings. The minimum atomic E-state index is -1.90. The van der Waals surface area contributed by atoms with Gasteiger partial charge in [-0.25, -0.2) is 9.59 Å². The number of carboxylic acid groups (broad SMARTS) is 2. The molecule has 168 valence electrons. The number of piperidine rings is 1. The van der Waals surface area contributed by atoms with Gasteiger partial charge in [0, 0.05) is 34.8 Å². The summed E-state index contributed by atoms with van der Waals surface area (Å²) in [6, 6.07) is 15.8. The zero-order chi connectivity index (χ0) is 26.7. The van der Waals surface area contributed by atoms with Gasteiger partial charge in [0.15, 0.2) is 0 Å². The average molecular weight is 460 g/mol. The summed E-state index contributed by atoms with van der Waals surface area (Å²) in [4.78, 5) is 23.7. The maximum Gasteiger partial charge on any atom is 0.414 e. The van der Waals surface area contributed by atoms with Crippen molar-refractivity contribution in [3.05, 3.63) is 48.0 Å². The number of nitriles is 1. The molecule has 2 aromatic rings. The number of anilines is 2. The first-order valence-electron chi connectivity index (χ1n) is 11.9. The monoisotopic (exact) mass is 459 g/mol. The number of aliphatic carboxylic acids is 2. The Morgan fingerprint density at radius 1 is 1.06 bits per heavy atom. The number of aliphatic hydroxyl groups excluding tert-OH is 1. The van der Waals surface area contributed by atoms with E-state index in [2.05, 4.69) is 17.0 Å². The quantitative estimate of drug-likeness (QED) is 0.591. The van der Waals surface area contributed by atoms with Crippen LogP contribution in [0.25, 0.3) is 0 Å². The lowest BCUT2D eigenvalue weighted by molar-refractivity contribution is -0.159. The molecule has 0 spiro atoms. The molecule has 0 atom stereocenters. The van der Waals surface area contributed by atoms with Crippen LogP contribution in [0.2, 0.25) is 0 Å². The minimum Gasteiger partial charge on any atom is -0.473 e. The van der Waals surface area contributed by atoms with Crippen molar-refractivity contribution >= 4 is 35.1 Å². The smallest absolute Gasteiger partial charge is 0.414 e. The van der Waals surface area contributed by atoms with E-state index in [0.717, 1.165) is 21.2 Å². The van der Waals surface area contributed by atoms with Crippen molar-refractivity contribution in [3.8, 4) is 6.07 Å². The molecule has 0 bridgehead atoms. The number of rotatable bonds is 4. The second-order valence-electron chi connectivity index (χ2n) is 7.01. The molecule has 2 aliphatic rings. The number of hydrogen-bond donors (Lipinski definition) is 3. The predicted octanol–water partition coefficient (Wildman–Crippen LogP) is 3.16. The van der Waals surface area contributed by atoms with Crippen LogP contribution in [0.1, 0.15) is 30.3 Å². The van der Waals surface area contributed by atoms with Gasteiger partial charge >= 0.3 is 11.9 Å². The molecular formula is C23H25N3O5S. The molecule has 0 aliphatic carbocycles. The van der Waals surface area contributed by atoms with E-state index in [4.69, 9.17) is 25.3 Å². The molecular weight excluding hydrogens is 430 g/mol. The summed E-state index contributed by atoms with van der Waals surface area (Å²) in [5, 5.41) is 34.0. The molecule has 3 N–H and O–H groups in total. The number of hydrogen-bond acceptors (Lipinski definition) is 7. The van der Waals surface area contributed by atoms with Crippen LogP contribution < -0.4 is 4.90 Å². The molecule has 0 saturated carbocycles. The van der Waals surface area contributed by atoms with Crippen LogP contribution >= 0.6 is 11.8 Å². The fraction of sp³-hybridized carbons (Fsp3) is 0.348. The van der Waals surface area contributed by atoms with Crippen molar-refractivity contribution in [2.45, 2.75) is 35.2 Å². The van der Waals surface area contributed by atoms with Gasteiger partial charge in [-0.3, -0.25) is 0 Å². The molecule has 32 heavy (non-hydrogen) atoms. The lowest BCUT2D eigenvalue weighted by Gasteiger charge is -2.34. The van der Waals surface area contributed by atoms with E-state index >= 15 is 0 Å². The number of nitrogens with zero attached hydrogens (tertiary/aromatic N) is 3. The van der Waals surface area contributed by atoms with Gasteiger partial charge in [-0.1, -0.05) is 23.9 Å². The zero-order valence-corrected chi connectivity index (χ0v) is 17.9. The summed E-state index contributed by atoms with van der Waals surface area (Å²) in [5.74, 6) is -3.65. The summed E-state index contributed by atoms with van der Waals surface area (Å²) < 4.78 is 32.9. The first-order valence-corrected chi connectivity index (χ1v) is 10.7. The highest BCUT2D eigenvalue weighted by molar-refractivity contribution is 7.99. The Balaban J connectivity index is 0.000000538. The van der Waals surface area contributed by atoms with Crippen LogP contribution in [-0.2, 0) is 9.59 Å². The first-order chi connectivity index (χ1) is 16.9. The number of para-hydroxylation sites is 1. The number of likely N-dealkylation sites (tertiary alicyclic amines) is 1. The highest BCUT2D eigenvalue weighted by atomic mass is 32.2. The van der Waals surface area contributed by atoms with Gasteiger partial charge in [0.1, 0.15) is 0 Å². The predicted molar refractivity (Wildman–Crippen MR) is 120 cm³/mol. The van der Waals surface area contributed by atoms with Crippen molar-refractivity contribution in [1.29, 1.82) is 5.26 Å². The van der Waals surface area contributed by atoms with E-state index in [1.54, 1.807) is 17.8 Å². The standard InChI is InChI=1S/C21H23N3OS.C2H2O4/c22-15-16-6-7-21-19(14-16)24(18-4-1-2-5-20(18)26-21)11-3-10-23-12-8-17(25)9-13-23;3-1(4)2(5)6/h1-2,4-7,14,17,25H,3,8-13H2;(H,3,4)(H,5,6)/i12D2,13D2;. The van der Waals surface area contributed by atoms with Crippen LogP contribution in [0.5, 0.6) is 0 Å². The summed E-state index contributed by atoms with van der Waals surface area (Å²) in [5.41, 5.74) is 2.56. The fourth-order valence-electron chi connectivity index (χ4n) is 3.24. The molecule has 0 amide bonds. The van der Waals surface area contributed by atoms with Crippen molar-refractivity contribution in [1.82, 2.24) is 4.90 Å². The van der Waals surface area contributed by atoms with E-state index in [1.165, 1.54) is 4.90 Å². The van der Waals surface area contributed by atoms with Crippen LogP contribution in [0.4, 0.5) is 11.4 Å². The van der Waals surface area contributed by atoms with Gasteiger partial charge in [0.2, 0.25) is 0 Å². The minimum absolute atomic E-state index is 0.0932. The normalized spacial score (nSPS) is 20.6. The van der Waals surface area contributed by atoms with Crippen LogP contribution in [0.15, 0.2) is 52.3 Å². The molecule has 2 aliphatic heterocycles. The average Bonchev–Trinajstić information content (AvgIpc) is 2.79. The van der Waals surface area contributed by atoms with Gasteiger partial charge in [0.05, 0.1) is 29.1 Å². The molecule has 0 radical (unpaired) electrons. The van der Waals surface area contributed by atoms with Gasteiger partial charge in [-0.05, 0) is 56.1 Å². The highest BCUT2D eigenvalue weighted by Crippen LogP contribution is 2.48. The van der Waals surface area contributed by atoms with Crippen LogP contribution in [0, 0.1) is 11.3 Å². The number of aliphatic hydroxyl groups is 1. The van der Waals surface area contributed by atoms with Gasteiger partial charge < -0.3 is 25.1 Å². The Morgan fingerprint density at radius 3 is 2.38 bits per heavy atom. The molecule has 2 heterocycles. The number of carboxylic acids is 2. The second-order valence-corrected chi connectivity index (χ2v) is 8.09. The Bertz CT molecular complexity index is 1160. The third kappa shape index (κ3) is 6.01. The molecule has 0 unspecified atom stereocenters. The van der Waals surface area contributed by atoms with Gasteiger partial charge in [-0.2, -0.15) is 5.26 Å². The largest absolute Gasteiger partial charge is 0.473 e. The van der Waals surface area contributed by atoms with E-state index in [9.17, 15) is 10.4 Å². The van der Waals surface area contributed by atoms with E-state index in [1.807, 2.05) is 30.3 Å². The van der Waals surface area contributed by atoms with Crippen molar-refractivity contribution in [2.24, 2.45) is 0 Å². The maximum atomic E-state index is 9.85. The third-order valence-electron chi connectivity index (χ3n) is 4.74. The summed E-state index contributed by atoms with van der Waals surface area (Å²) in [7, 11) is 0. The summed E-state index contributed by atoms with van der Waals surface area (Å²) >= 11 is 1.66. The maximum absolute atomic E-state index is 9.85. The molecule has 8 nitrogen and oxygen atoms in total. The highest BCUT2D eigenvalue weighted by Gasteiger charge is 2.24. The number of carbonyl (C=O) groups is 2. The molecule has 2 aromatic carbocycles. The van der Waals surface area contributed by atoms with E-state index < -0.39 is 31.0 Å². The third-order valence-corrected chi connectivity index (χ3v) is 5.87. The van der Waals surface area contributed by atoms with Crippen molar-refractivity contribution in [3.63, 3.8) is 0 Å². The summed E-state index contributed by atoms with van der Waals surface area (Å²) in [6.45, 7) is -3.01. The Hall–Kier alpha value is -3.06. The van der Waals surface area contributed by atoms with Crippen LogP contribution in [0.3, 0.4) is 0 Å². The van der Waals surface area contributed by atoms with E-state index in [0.29, 0.717) is 18.5 Å². The fourth-order valence-corrected chi connectivity index (χ4v) is 4.32. The van der Waals surface area contributed by atoms with E-state index in [-0.39, 0.29) is 19.4 Å². The van der Waals surface area contributed by atoms with Crippen LogP contribution in [-0.4, -0.2) is 64.3 Å². The first kappa shape index (κ1) is 18.5. The topological polar surface area (TPSA) is 125 Å². The molecule has 0 aromatic heterocycles.